The lowest BCUT2D eigenvalue weighted by Crippen LogP contribution is -2.35. The molecule has 2 heteroatoms. The van der Waals surface area contributed by atoms with E-state index in [0.29, 0.717) is 6.54 Å². The fourth-order valence-corrected chi connectivity index (χ4v) is 0.447. The number of carbonyl (C=O) groups is 1. The molecule has 0 aromatic carbocycles. The van der Waals surface area contributed by atoms with Gasteiger partial charge in [0.25, 0.3) is 0 Å². The van der Waals surface area contributed by atoms with E-state index in [1.165, 1.54) is 0 Å². The van der Waals surface area contributed by atoms with Gasteiger partial charge in [-0.1, -0.05) is 5.92 Å². The monoisotopic (exact) mass is 139 g/mol. The molecule has 0 unspecified atom stereocenters. The van der Waals surface area contributed by atoms with Crippen LogP contribution in [0.3, 0.4) is 0 Å². The maximum Gasteiger partial charge on any atom is 0.237 e. The molecule has 0 radical (unpaired) electrons. The molecule has 1 N–H and O–H groups in total. The first-order valence-electron chi connectivity index (χ1n) is 3.30. The molecule has 0 atom stereocenters. The molecule has 0 spiro atoms. The highest BCUT2D eigenvalue weighted by Gasteiger charge is 2.23. The summed E-state index contributed by atoms with van der Waals surface area (Å²) in [6, 6.07) is 0. The van der Waals surface area contributed by atoms with Gasteiger partial charge in [0.05, 0.1) is 0 Å². The van der Waals surface area contributed by atoms with Crippen LogP contribution in [0, 0.1) is 17.8 Å². The minimum Gasteiger partial charge on any atom is -0.355 e. The maximum atomic E-state index is 11.0. The van der Waals surface area contributed by atoms with Crippen LogP contribution in [0.1, 0.15) is 20.8 Å². The lowest BCUT2D eigenvalue weighted by Gasteiger charge is -2.15. The van der Waals surface area contributed by atoms with Crippen LogP contribution in [0.4, 0.5) is 0 Å². The minimum atomic E-state index is -0.671. The Morgan fingerprint density at radius 2 is 2.20 bits per heavy atom. The van der Waals surface area contributed by atoms with Crippen molar-refractivity contribution in [1.29, 1.82) is 0 Å². The van der Waals surface area contributed by atoms with E-state index < -0.39 is 5.41 Å². The molecule has 10 heavy (non-hydrogen) atoms. The molecule has 0 aliphatic heterocycles. The normalized spacial score (nSPS) is 10.2. The molecule has 0 heterocycles. The predicted octanol–water partition coefficient (Wildman–Crippen LogP) is 0.782. The number of nitrogens with one attached hydrogen (secondary N) is 1. The summed E-state index contributed by atoms with van der Waals surface area (Å²) in [5, 5.41) is 2.66. The van der Waals surface area contributed by atoms with Crippen molar-refractivity contribution in [3.8, 4) is 12.3 Å². The van der Waals surface area contributed by atoms with E-state index in [-0.39, 0.29) is 5.91 Å². The summed E-state index contributed by atoms with van der Waals surface area (Å²) in [4.78, 5) is 11.0. The van der Waals surface area contributed by atoms with E-state index in [4.69, 9.17) is 6.42 Å². The summed E-state index contributed by atoms with van der Waals surface area (Å²) in [5.74, 6) is 2.33. The summed E-state index contributed by atoms with van der Waals surface area (Å²) >= 11 is 0. The van der Waals surface area contributed by atoms with Crippen LogP contribution in [-0.2, 0) is 4.79 Å². The van der Waals surface area contributed by atoms with Crippen LogP contribution in [0.25, 0.3) is 0 Å². The van der Waals surface area contributed by atoms with Gasteiger partial charge < -0.3 is 5.32 Å². The van der Waals surface area contributed by atoms with E-state index in [1.54, 1.807) is 13.8 Å². The number of hydrogen-bond acceptors (Lipinski definition) is 1. The van der Waals surface area contributed by atoms with Crippen molar-refractivity contribution in [2.75, 3.05) is 6.54 Å². The zero-order chi connectivity index (χ0) is 8.20. The van der Waals surface area contributed by atoms with Gasteiger partial charge in [-0.05, 0) is 20.8 Å². The Hall–Kier alpha value is -0.970. The highest BCUT2D eigenvalue weighted by atomic mass is 16.2. The van der Waals surface area contributed by atoms with Crippen LogP contribution in [0.2, 0.25) is 0 Å². The maximum absolute atomic E-state index is 11.0. The SMILES string of the molecule is C#CC(C)(C)C(=O)NCC. The van der Waals surface area contributed by atoms with E-state index >= 15 is 0 Å². The van der Waals surface area contributed by atoms with Gasteiger partial charge in [-0.15, -0.1) is 6.42 Å². The second-order valence-electron chi connectivity index (χ2n) is 2.63. The van der Waals surface area contributed by atoms with Crippen molar-refractivity contribution in [3.63, 3.8) is 0 Å². The molecule has 2 nitrogen and oxygen atoms in total. The topological polar surface area (TPSA) is 29.1 Å². The molecule has 0 aromatic heterocycles. The van der Waals surface area contributed by atoms with E-state index in [0.717, 1.165) is 0 Å². The summed E-state index contributed by atoms with van der Waals surface area (Å²) < 4.78 is 0. The Balaban J connectivity index is 4.09. The Kier molecular flexibility index (Phi) is 2.95. The molecule has 0 aliphatic carbocycles. The average Bonchev–Trinajstić information content (AvgIpc) is 1.89. The molecule has 56 valence electrons. The lowest BCUT2D eigenvalue weighted by atomic mass is 9.94. The van der Waals surface area contributed by atoms with Crippen molar-refractivity contribution in [2.45, 2.75) is 20.8 Å². The van der Waals surface area contributed by atoms with Crippen LogP contribution in [0.5, 0.6) is 0 Å². The van der Waals surface area contributed by atoms with Crippen molar-refractivity contribution in [1.82, 2.24) is 5.32 Å². The summed E-state index contributed by atoms with van der Waals surface area (Å²) in [7, 11) is 0. The Morgan fingerprint density at radius 1 is 1.70 bits per heavy atom. The summed E-state index contributed by atoms with van der Waals surface area (Å²) in [6.07, 6.45) is 5.13. The summed E-state index contributed by atoms with van der Waals surface area (Å²) in [5.41, 5.74) is -0.671. The molecular weight excluding hydrogens is 126 g/mol. The second-order valence-corrected chi connectivity index (χ2v) is 2.63. The fraction of sp³-hybridized carbons (Fsp3) is 0.625. The molecule has 0 aromatic rings. The third kappa shape index (κ3) is 2.10. The third-order valence-corrected chi connectivity index (χ3v) is 1.27. The smallest absolute Gasteiger partial charge is 0.237 e. The van der Waals surface area contributed by atoms with Crippen LogP contribution < -0.4 is 5.32 Å². The first-order chi connectivity index (χ1) is 4.54. The number of hydrogen-bond donors (Lipinski definition) is 1. The van der Waals surface area contributed by atoms with Crippen molar-refractivity contribution < 1.29 is 4.79 Å². The number of carbonyl (C=O) groups excluding carboxylic acids is 1. The first kappa shape index (κ1) is 9.03. The molecular formula is C8H13NO. The molecule has 0 saturated carbocycles. The van der Waals surface area contributed by atoms with E-state index in [2.05, 4.69) is 11.2 Å². The highest BCUT2D eigenvalue weighted by Crippen LogP contribution is 2.11. The van der Waals surface area contributed by atoms with Gasteiger partial charge in [0.2, 0.25) is 5.91 Å². The third-order valence-electron chi connectivity index (χ3n) is 1.27. The molecule has 0 bridgehead atoms. The average molecular weight is 139 g/mol. The van der Waals surface area contributed by atoms with E-state index in [9.17, 15) is 4.79 Å². The van der Waals surface area contributed by atoms with Crippen molar-refractivity contribution in [3.05, 3.63) is 0 Å². The molecule has 0 aliphatic rings. The van der Waals surface area contributed by atoms with Crippen molar-refractivity contribution in [2.24, 2.45) is 5.41 Å². The Labute approximate surface area is 62.0 Å². The second kappa shape index (κ2) is 3.26. The van der Waals surface area contributed by atoms with Gasteiger partial charge in [0, 0.05) is 6.54 Å². The summed E-state index contributed by atoms with van der Waals surface area (Å²) in [6.45, 7) is 5.93. The van der Waals surface area contributed by atoms with Gasteiger partial charge in [-0.25, -0.2) is 0 Å². The van der Waals surface area contributed by atoms with Crippen molar-refractivity contribution >= 4 is 5.91 Å². The van der Waals surface area contributed by atoms with Gasteiger partial charge >= 0.3 is 0 Å². The van der Waals surface area contributed by atoms with E-state index in [1.807, 2.05) is 6.92 Å². The molecule has 0 fully saturated rings. The minimum absolute atomic E-state index is 0.0856. The van der Waals surface area contributed by atoms with Crippen LogP contribution >= 0.6 is 0 Å². The Morgan fingerprint density at radius 3 is 2.50 bits per heavy atom. The quantitative estimate of drug-likeness (QED) is 0.563. The van der Waals surface area contributed by atoms with Gasteiger partial charge in [0.1, 0.15) is 5.41 Å². The lowest BCUT2D eigenvalue weighted by molar-refractivity contribution is -0.126. The number of terminal acetylenes is 1. The van der Waals surface area contributed by atoms with Crippen LogP contribution in [-0.4, -0.2) is 12.5 Å². The largest absolute Gasteiger partial charge is 0.355 e. The zero-order valence-corrected chi connectivity index (χ0v) is 6.69. The predicted molar refractivity (Wildman–Crippen MR) is 41.3 cm³/mol. The van der Waals surface area contributed by atoms with Gasteiger partial charge in [-0.3, -0.25) is 4.79 Å². The molecule has 0 rings (SSSR count). The standard InChI is InChI=1S/C8H13NO/c1-5-8(3,4)7(10)9-6-2/h1H,6H2,2-4H3,(H,9,10). The Bertz CT molecular complexity index is 165. The highest BCUT2D eigenvalue weighted by molar-refractivity contribution is 5.84. The van der Waals surface area contributed by atoms with Gasteiger partial charge in [0.15, 0.2) is 0 Å². The fourth-order valence-electron chi connectivity index (χ4n) is 0.447. The van der Waals surface area contributed by atoms with Crippen LogP contribution in [0.15, 0.2) is 0 Å². The zero-order valence-electron chi connectivity index (χ0n) is 6.69. The molecule has 1 amide bonds. The number of rotatable bonds is 2. The van der Waals surface area contributed by atoms with Gasteiger partial charge in [-0.2, -0.15) is 0 Å². The molecule has 0 saturated heterocycles. The number of amides is 1. The first-order valence-corrected chi connectivity index (χ1v) is 3.30.